The molecule has 0 saturated heterocycles. The largest absolute Gasteiger partial charge is 0.389 e. The quantitative estimate of drug-likeness (QED) is 0.731. The molecule has 1 aromatic heterocycles. The van der Waals surface area contributed by atoms with E-state index in [4.69, 9.17) is 0 Å². The minimum Gasteiger partial charge on any atom is -0.389 e. The molecule has 0 fully saturated rings. The van der Waals surface area contributed by atoms with Gasteiger partial charge in [0.05, 0.1) is 11.6 Å². The number of benzene rings is 1. The maximum absolute atomic E-state index is 10.1. The molecule has 0 saturated carbocycles. The second-order valence-electron chi connectivity index (χ2n) is 3.99. The van der Waals surface area contributed by atoms with Gasteiger partial charge >= 0.3 is 0 Å². The van der Waals surface area contributed by atoms with Gasteiger partial charge in [-0.2, -0.15) is 0 Å². The van der Waals surface area contributed by atoms with Gasteiger partial charge in [-0.25, -0.2) is 0 Å². The summed E-state index contributed by atoms with van der Waals surface area (Å²) < 4.78 is 0. The highest BCUT2D eigenvalue weighted by molar-refractivity contribution is 5.82. The second-order valence-corrected chi connectivity index (χ2v) is 3.99. The van der Waals surface area contributed by atoms with E-state index in [2.05, 4.69) is 10.3 Å². The summed E-state index contributed by atoms with van der Waals surface area (Å²) in [6.07, 6.45) is -0.0892. The first-order valence-corrected chi connectivity index (χ1v) is 5.58. The van der Waals surface area contributed by atoms with E-state index in [-0.39, 0.29) is 0 Å². The van der Waals surface area contributed by atoms with Gasteiger partial charge < -0.3 is 15.5 Å². The third-order valence-electron chi connectivity index (χ3n) is 2.78. The van der Waals surface area contributed by atoms with Crippen molar-refractivity contribution >= 4 is 10.9 Å². The number of aliphatic hydroxyl groups is 2. The fourth-order valence-corrected chi connectivity index (χ4v) is 1.90. The van der Waals surface area contributed by atoms with E-state index in [0.29, 0.717) is 12.1 Å². The lowest BCUT2D eigenvalue weighted by Gasteiger charge is -2.19. The van der Waals surface area contributed by atoms with Crippen LogP contribution in [0.15, 0.2) is 36.5 Å². The smallest absolute Gasteiger partial charge is 0.107 e. The highest BCUT2D eigenvalue weighted by Gasteiger charge is 2.19. The van der Waals surface area contributed by atoms with E-state index < -0.39 is 12.2 Å². The van der Waals surface area contributed by atoms with Crippen LogP contribution in [0.5, 0.6) is 0 Å². The monoisotopic (exact) mass is 232 g/mol. The maximum atomic E-state index is 10.1. The fourth-order valence-electron chi connectivity index (χ4n) is 1.90. The number of nitrogens with one attached hydrogen (secondary N) is 1. The van der Waals surface area contributed by atoms with Gasteiger partial charge in [0, 0.05) is 18.1 Å². The molecule has 0 bridgehead atoms. The van der Waals surface area contributed by atoms with Crippen molar-refractivity contribution in [2.45, 2.75) is 12.2 Å². The number of aliphatic hydroxyl groups excluding tert-OH is 2. The Morgan fingerprint density at radius 2 is 2.00 bits per heavy atom. The van der Waals surface area contributed by atoms with Crippen LogP contribution < -0.4 is 5.32 Å². The molecule has 3 N–H and O–H groups in total. The Hall–Kier alpha value is -1.49. The summed E-state index contributed by atoms with van der Waals surface area (Å²) in [5, 5.41) is 23.6. The van der Waals surface area contributed by atoms with E-state index in [1.807, 2.05) is 24.3 Å². The Labute approximate surface area is 99.9 Å². The van der Waals surface area contributed by atoms with Crippen molar-refractivity contribution in [1.82, 2.24) is 10.3 Å². The summed E-state index contributed by atoms with van der Waals surface area (Å²) in [6.45, 7) is 0.345. The Morgan fingerprint density at radius 1 is 1.24 bits per heavy atom. The SMILES string of the molecule is CNCC(O)C(O)c1ccnc2ccccc12. The molecule has 0 aliphatic heterocycles. The predicted octanol–water partition coefficient (Wildman–Crippen LogP) is 0.848. The zero-order chi connectivity index (χ0) is 12.3. The van der Waals surface area contributed by atoms with Crippen LogP contribution in [0.2, 0.25) is 0 Å². The minimum atomic E-state index is -0.907. The Morgan fingerprint density at radius 3 is 2.76 bits per heavy atom. The van der Waals surface area contributed by atoms with E-state index in [1.165, 1.54) is 0 Å². The number of hydrogen-bond donors (Lipinski definition) is 3. The molecule has 0 radical (unpaired) electrons. The Balaban J connectivity index is 2.41. The minimum absolute atomic E-state index is 0.345. The van der Waals surface area contributed by atoms with Gasteiger partial charge in [0.15, 0.2) is 0 Å². The lowest BCUT2D eigenvalue weighted by atomic mass is 10.0. The number of pyridine rings is 1. The summed E-state index contributed by atoms with van der Waals surface area (Å²) in [7, 11) is 1.74. The topological polar surface area (TPSA) is 65.4 Å². The van der Waals surface area contributed by atoms with Gasteiger partial charge in [-0.3, -0.25) is 4.98 Å². The summed E-state index contributed by atoms with van der Waals surface area (Å²) in [4.78, 5) is 4.22. The van der Waals surface area contributed by atoms with Crippen LogP contribution in [0.4, 0.5) is 0 Å². The highest BCUT2D eigenvalue weighted by atomic mass is 16.3. The van der Waals surface area contributed by atoms with Gasteiger partial charge in [-0.05, 0) is 24.7 Å². The van der Waals surface area contributed by atoms with E-state index in [0.717, 1.165) is 10.9 Å². The number of aromatic nitrogens is 1. The lowest BCUT2D eigenvalue weighted by molar-refractivity contribution is 0.0211. The highest BCUT2D eigenvalue weighted by Crippen LogP contribution is 2.24. The molecule has 2 unspecified atom stereocenters. The molecule has 4 heteroatoms. The molecule has 2 aromatic rings. The van der Waals surface area contributed by atoms with Crippen LogP contribution in [-0.2, 0) is 0 Å². The standard InChI is InChI=1S/C13H16N2O2/c1-14-8-12(16)13(17)10-6-7-15-11-5-3-2-4-9(10)11/h2-7,12-14,16-17H,8H2,1H3. The molecular formula is C13H16N2O2. The van der Waals surface area contributed by atoms with Gasteiger partial charge in [0.2, 0.25) is 0 Å². The normalized spacial score (nSPS) is 14.8. The molecule has 4 nitrogen and oxygen atoms in total. The number of nitrogens with zero attached hydrogens (tertiary/aromatic N) is 1. The van der Waals surface area contributed by atoms with Crippen LogP contribution >= 0.6 is 0 Å². The molecule has 1 aromatic carbocycles. The van der Waals surface area contributed by atoms with Crippen molar-refractivity contribution < 1.29 is 10.2 Å². The summed E-state index contributed by atoms with van der Waals surface area (Å²) in [5.74, 6) is 0. The van der Waals surface area contributed by atoms with Crippen LogP contribution in [-0.4, -0.2) is 34.9 Å². The number of para-hydroxylation sites is 1. The molecule has 2 atom stereocenters. The first kappa shape index (κ1) is 12.0. The molecule has 0 spiro atoms. The van der Waals surface area contributed by atoms with Crippen LogP contribution in [0, 0.1) is 0 Å². The molecule has 90 valence electrons. The zero-order valence-corrected chi connectivity index (χ0v) is 9.67. The number of rotatable bonds is 4. The first-order chi connectivity index (χ1) is 8.24. The average molecular weight is 232 g/mol. The number of fused-ring (bicyclic) bond motifs is 1. The Kier molecular flexibility index (Phi) is 3.68. The van der Waals surface area contributed by atoms with Crippen molar-refractivity contribution in [3.8, 4) is 0 Å². The molecule has 2 rings (SSSR count). The first-order valence-electron chi connectivity index (χ1n) is 5.58. The van der Waals surface area contributed by atoms with Crippen molar-refractivity contribution in [2.24, 2.45) is 0 Å². The molecule has 0 aliphatic rings. The molecule has 0 amide bonds. The van der Waals surface area contributed by atoms with E-state index in [9.17, 15) is 10.2 Å². The fraction of sp³-hybridized carbons (Fsp3) is 0.308. The molecule has 0 aliphatic carbocycles. The Bertz CT molecular complexity index is 496. The van der Waals surface area contributed by atoms with Crippen molar-refractivity contribution in [3.63, 3.8) is 0 Å². The van der Waals surface area contributed by atoms with E-state index >= 15 is 0 Å². The molecule has 17 heavy (non-hydrogen) atoms. The summed E-state index contributed by atoms with van der Waals surface area (Å²) in [6, 6.07) is 9.31. The van der Waals surface area contributed by atoms with Crippen molar-refractivity contribution in [3.05, 3.63) is 42.1 Å². The van der Waals surface area contributed by atoms with Gasteiger partial charge in [-0.15, -0.1) is 0 Å². The third-order valence-corrected chi connectivity index (χ3v) is 2.78. The number of likely N-dealkylation sites (N-methyl/N-ethyl adjacent to an activating group) is 1. The zero-order valence-electron chi connectivity index (χ0n) is 9.67. The van der Waals surface area contributed by atoms with Gasteiger partial charge in [0.25, 0.3) is 0 Å². The molecular weight excluding hydrogens is 216 g/mol. The van der Waals surface area contributed by atoms with Crippen molar-refractivity contribution in [1.29, 1.82) is 0 Å². The van der Waals surface area contributed by atoms with Gasteiger partial charge in [0.1, 0.15) is 6.10 Å². The van der Waals surface area contributed by atoms with Crippen LogP contribution in [0.1, 0.15) is 11.7 Å². The van der Waals surface area contributed by atoms with Crippen molar-refractivity contribution in [2.75, 3.05) is 13.6 Å². The average Bonchev–Trinajstić information content (AvgIpc) is 2.37. The summed E-state index contributed by atoms with van der Waals surface area (Å²) >= 11 is 0. The predicted molar refractivity (Wildman–Crippen MR) is 66.6 cm³/mol. The number of hydrogen-bond acceptors (Lipinski definition) is 4. The second kappa shape index (κ2) is 5.23. The summed E-state index contributed by atoms with van der Waals surface area (Å²) in [5.41, 5.74) is 1.53. The van der Waals surface area contributed by atoms with Gasteiger partial charge in [-0.1, -0.05) is 18.2 Å². The van der Waals surface area contributed by atoms with Crippen LogP contribution in [0.25, 0.3) is 10.9 Å². The van der Waals surface area contributed by atoms with Crippen LogP contribution in [0.3, 0.4) is 0 Å². The molecule has 1 heterocycles. The van der Waals surface area contributed by atoms with E-state index in [1.54, 1.807) is 19.3 Å². The third kappa shape index (κ3) is 2.44. The lowest BCUT2D eigenvalue weighted by Crippen LogP contribution is -2.29. The maximum Gasteiger partial charge on any atom is 0.107 e.